The summed E-state index contributed by atoms with van der Waals surface area (Å²) in [7, 11) is 1.73. The van der Waals surface area contributed by atoms with Crippen LogP contribution in [0.15, 0.2) is 0 Å². The first-order chi connectivity index (χ1) is 5.37. The minimum Gasteiger partial charge on any atom is -0.380 e. The fraction of sp³-hybridized carbons (Fsp3) is 0.875. The maximum Gasteiger partial charge on any atom is 0.222 e. The zero-order valence-electron chi connectivity index (χ0n) is 7.87. The molecule has 1 atom stereocenters. The van der Waals surface area contributed by atoms with E-state index in [0.717, 1.165) is 0 Å². The zero-order chi connectivity index (χ0) is 9.78. The third-order valence-corrected chi connectivity index (χ3v) is 1.87. The average molecular weight is 191 g/mol. The van der Waals surface area contributed by atoms with Crippen molar-refractivity contribution in [3.8, 4) is 0 Å². The predicted octanol–water partition coefficient (Wildman–Crippen LogP) is 0.883. The minimum absolute atomic E-state index is 0.0904. The third kappa shape index (κ3) is 5.43. The first kappa shape index (κ1) is 11.8. The summed E-state index contributed by atoms with van der Waals surface area (Å²) in [4.78, 5) is 11.7. The normalized spacial score (nSPS) is 15.4. The van der Waals surface area contributed by atoms with Gasteiger partial charge in [-0.2, -0.15) is 0 Å². The topological polar surface area (TPSA) is 40.5 Å². The maximum absolute atomic E-state index is 11.0. The van der Waals surface area contributed by atoms with E-state index in [-0.39, 0.29) is 5.91 Å². The van der Waals surface area contributed by atoms with Crippen molar-refractivity contribution < 1.29 is 9.90 Å². The summed E-state index contributed by atoms with van der Waals surface area (Å²) in [5.41, 5.74) is 0. The molecule has 0 radical (unpaired) electrons. The van der Waals surface area contributed by atoms with Crippen LogP contribution in [0.2, 0.25) is 0 Å². The molecule has 0 saturated heterocycles. The van der Waals surface area contributed by atoms with Gasteiger partial charge < -0.3 is 10.0 Å². The highest BCUT2D eigenvalue weighted by Gasteiger charge is 2.15. The first-order valence-electron chi connectivity index (χ1n) is 4.05. The Morgan fingerprint density at radius 2 is 2.17 bits per heavy atom. The van der Waals surface area contributed by atoms with E-state index in [2.05, 4.69) is 12.6 Å². The molecule has 12 heavy (non-hydrogen) atoms. The summed E-state index contributed by atoms with van der Waals surface area (Å²) in [5.74, 6) is 0.0904. The number of nitrogens with zero attached hydrogens (tertiary/aromatic N) is 1. The van der Waals surface area contributed by atoms with Gasteiger partial charge in [0.15, 0.2) is 0 Å². The molecule has 0 rings (SSSR count). The van der Waals surface area contributed by atoms with E-state index in [9.17, 15) is 9.90 Å². The molecule has 1 unspecified atom stereocenters. The molecule has 0 heterocycles. The van der Waals surface area contributed by atoms with Crippen molar-refractivity contribution in [1.29, 1.82) is 0 Å². The van der Waals surface area contributed by atoms with Crippen molar-refractivity contribution in [3.63, 3.8) is 0 Å². The molecule has 0 aliphatic rings. The Bertz CT molecular complexity index is 154. The highest BCUT2D eigenvalue weighted by Crippen LogP contribution is 2.13. The molecule has 1 amide bonds. The molecule has 0 fully saturated rings. The van der Waals surface area contributed by atoms with Gasteiger partial charge >= 0.3 is 0 Å². The molecule has 0 aromatic carbocycles. The van der Waals surface area contributed by atoms with E-state index in [4.69, 9.17) is 0 Å². The van der Waals surface area contributed by atoms with Gasteiger partial charge in [-0.1, -0.05) is 6.92 Å². The van der Waals surface area contributed by atoms with Gasteiger partial charge in [0.05, 0.1) is 0 Å². The van der Waals surface area contributed by atoms with E-state index in [1.165, 1.54) is 0 Å². The van der Waals surface area contributed by atoms with E-state index in [0.29, 0.717) is 19.4 Å². The lowest BCUT2D eigenvalue weighted by atomic mass is 10.2. The molecule has 0 saturated carbocycles. The second kappa shape index (κ2) is 4.72. The van der Waals surface area contributed by atoms with E-state index >= 15 is 0 Å². The number of carbonyl (C=O) groups excluding carboxylic acids is 1. The number of rotatable bonds is 4. The number of carbonyl (C=O) groups is 1. The third-order valence-electron chi connectivity index (χ3n) is 1.65. The largest absolute Gasteiger partial charge is 0.380 e. The van der Waals surface area contributed by atoms with Crippen molar-refractivity contribution in [1.82, 2.24) is 4.90 Å². The van der Waals surface area contributed by atoms with Crippen LogP contribution in [0.4, 0.5) is 0 Å². The Kier molecular flexibility index (Phi) is 4.63. The molecule has 0 aromatic rings. The quantitative estimate of drug-likeness (QED) is 0.511. The molecule has 0 spiro atoms. The molecule has 0 aliphatic heterocycles. The van der Waals surface area contributed by atoms with Crippen molar-refractivity contribution in [3.05, 3.63) is 0 Å². The summed E-state index contributed by atoms with van der Waals surface area (Å²) < 4.78 is 0. The lowest BCUT2D eigenvalue weighted by molar-refractivity contribution is -0.129. The van der Waals surface area contributed by atoms with Gasteiger partial charge in [0.2, 0.25) is 5.91 Å². The molecule has 72 valence electrons. The van der Waals surface area contributed by atoms with Crippen LogP contribution >= 0.6 is 12.6 Å². The van der Waals surface area contributed by atoms with Gasteiger partial charge in [0.1, 0.15) is 4.93 Å². The SMILES string of the molecule is CCC(=O)N(C)CCC(C)(O)S. The Labute approximate surface area is 79.2 Å². The molecule has 3 nitrogen and oxygen atoms in total. The fourth-order valence-electron chi connectivity index (χ4n) is 0.774. The van der Waals surface area contributed by atoms with Gasteiger partial charge in [-0.15, -0.1) is 12.6 Å². The average Bonchev–Trinajstić information content (AvgIpc) is 1.97. The van der Waals surface area contributed by atoms with Gasteiger partial charge in [0, 0.05) is 26.4 Å². The summed E-state index contributed by atoms with van der Waals surface area (Å²) in [6.07, 6.45) is 0.990. The van der Waals surface area contributed by atoms with E-state index in [1.807, 2.05) is 6.92 Å². The minimum atomic E-state index is -0.984. The molecule has 0 bridgehead atoms. The number of thiol groups is 1. The monoisotopic (exact) mass is 191 g/mol. The highest BCUT2D eigenvalue weighted by molar-refractivity contribution is 7.81. The summed E-state index contributed by atoms with van der Waals surface area (Å²) in [6.45, 7) is 3.97. The lowest BCUT2D eigenvalue weighted by Crippen LogP contribution is -2.31. The first-order valence-corrected chi connectivity index (χ1v) is 4.50. The Morgan fingerprint density at radius 1 is 1.67 bits per heavy atom. The summed E-state index contributed by atoms with van der Waals surface area (Å²) in [5, 5.41) is 9.25. The summed E-state index contributed by atoms with van der Waals surface area (Å²) >= 11 is 3.94. The van der Waals surface area contributed by atoms with Crippen molar-refractivity contribution in [2.75, 3.05) is 13.6 Å². The molecular weight excluding hydrogens is 174 g/mol. The van der Waals surface area contributed by atoms with Crippen LogP contribution in [0.5, 0.6) is 0 Å². The molecule has 0 aromatic heterocycles. The number of amides is 1. The Morgan fingerprint density at radius 3 is 2.50 bits per heavy atom. The van der Waals surface area contributed by atoms with Crippen LogP contribution in [0, 0.1) is 0 Å². The maximum atomic E-state index is 11.0. The van der Waals surface area contributed by atoms with Crippen molar-refractivity contribution in [2.24, 2.45) is 0 Å². The smallest absolute Gasteiger partial charge is 0.222 e. The highest BCUT2D eigenvalue weighted by atomic mass is 32.1. The van der Waals surface area contributed by atoms with Crippen LogP contribution in [0.3, 0.4) is 0 Å². The lowest BCUT2D eigenvalue weighted by Gasteiger charge is -2.21. The van der Waals surface area contributed by atoms with Crippen LogP contribution in [-0.4, -0.2) is 34.4 Å². The fourth-order valence-corrected chi connectivity index (χ4v) is 0.874. The molecular formula is C8H17NO2S. The van der Waals surface area contributed by atoms with Crippen LogP contribution in [0.25, 0.3) is 0 Å². The van der Waals surface area contributed by atoms with Crippen LogP contribution < -0.4 is 0 Å². The molecule has 1 N–H and O–H groups in total. The second-order valence-electron chi connectivity index (χ2n) is 3.14. The van der Waals surface area contributed by atoms with E-state index in [1.54, 1.807) is 18.9 Å². The van der Waals surface area contributed by atoms with Crippen LogP contribution in [0.1, 0.15) is 26.7 Å². The molecule has 0 aliphatic carbocycles. The number of hydrogen-bond acceptors (Lipinski definition) is 3. The van der Waals surface area contributed by atoms with Gasteiger partial charge in [-0.05, 0) is 6.92 Å². The van der Waals surface area contributed by atoms with Crippen molar-refractivity contribution in [2.45, 2.75) is 31.6 Å². The van der Waals surface area contributed by atoms with Crippen LogP contribution in [-0.2, 0) is 4.79 Å². The zero-order valence-corrected chi connectivity index (χ0v) is 8.77. The number of aliphatic hydroxyl groups is 1. The predicted molar refractivity (Wildman–Crippen MR) is 52.2 cm³/mol. The van der Waals surface area contributed by atoms with Gasteiger partial charge in [-0.25, -0.2) is 0 Å². The van der Waals surface area contributed by atoms with E-state index < -0.39 is 4.93 Å². The number of hydrogen-bond donors (Lipinski definition) is 2. The summed E-state index contributed by atoms with van der Waals surface area (Å²) in [6, 6.07) is 0. The second-order valence-corrected chi connectivity index (χ2v) is 4.10. The standard InChI is InChI=1S/C8H17NO2S/c1-4-7(10)9(3)6-5-8(2,11)12/h11-12H,4-6H2,1-3H3. The van der Waals surface area contributed by atoms with Gasteiger partial charge in [0.25, 0.3) is 0 Å². The Hall–Kier alpha value is -0.220. The van der Waals surface area contributed by atoms with Gasteiger partial charge in [-0.3, -0.25) is 4.79 Å². The Balaban J connectivity index is 3.72. The van der Waals surface area contributed by atoms with Crippen molar-refractivity contribution >= 4 is 18.5 Å². The molecule has 4 heteroatoms.